The maximum absolute atomic E-state index is 11.9. The molecule has 0 spiro atoms. The van der Waals surface area contributed by atoms with Crippen LogP contribution in [0, 0.1) is 5.92 Å². The van der Waals surface area contributed by atoms with Gasteiger partial charge in [0.05, 0.1) is 0 Å². The normalized spacial score (nSPS) is 18.5. The van der Waals surface area contributed by atoms with Crippen molar-refractivity contribution in [1.82, 2.24) is 10.2 Å². The average Bonchev–Trinajstić information content (AvgIpc) is 2.38. The molecule has 1 heterocycles. The van der Waals surface area contributed by atoms with Crippen LogP contribution >= 0.6 is 11.6 Å². The minimum Gasteiger partial charge on any atom is -0.375 e. The van der Waals surface area contributed by atoms with Gasteiger partial charge in [-0.25, -0.2) is 0 Å². The van der Waals surface area contributed by atoms with Crippen molar-refractivity contribution in [3.63, 3.8) is 0 Å². The fourth-order valence-corrected chi connectivity index (χ4v) is 2.15. The van der Waals surface area contributed by atoms with E-state index in [2.05, 4.69) is 5.32 Å². The molecule has 1 aliphatic heterocycles. The highest BCUT2D eigenvalue weighted by molar-refractivity contribution is 6.19. The van der Waals surface area contributed by atoms with E-state index in [-0.39, 0.29) is 30.4 Å². The number of methoxy groups -OCH3 is 1. The van der Waals surface area contributed by atoms with Gasteiger partial charge in [-0.3, -0.25) is 9.59 Å². The van der Waals surface area contributed by atoms with Crippen molar-refractivity contribution in [2.45, 2.75) is 25.8 Å². The number of carbonyl (C=O) groups excluding carboxylic acids is 2. The molecule has 0 aromatic carbocycles. The van der Waals surface area contributed by atoms with Gasteiger partial charge >= 0.3 is 0 Å². The molecule has 1 atom stereocenters. The van der Waals surface area contributed by atoms with Crippen LogP contribution in [-0.4, -0.2) is 55.4 Å². The summed E-state index contributed by atoms with van der Waals surface area (Å²) in [7, 11) is 1.49. The number of nitrogens with zero attached hydrogens (tertiary/aromatic N) is 1. The quantitative estimate of drug-likeness (QED) is 0.749. The molecule has 0 radical (unpaired) electrons. The fourth-order valence-electron chi connectivity index (χ4n) is 2.02. The van der Waals surface area contributed by atoms with Crippen molar-refractivity contribution in [1.29, 1.82) is 0 Å². The lowest BCUT2D eigenvalue weighted by molar-refractivity contribution is -0.135. The zero-order chi connectivity index (χ0) is 13.5. The van der Waals surface area contributed by atoms with Crippen LogP contribution in [0.5, 0.6) is 0 Å². The Hall–Kier alpha value is -0.810. The summed E-state index contributed by atoms with van der Waals surface area (Å²) in [6.45, 7) is 3.28. The van der Waals surface area contributed by atoms with E-state index < -0.39 is 0 Å². The molecule has 0 aromatic rings. The number of likely N-dealkylation sites (tertiary alicyclic amines) is 1. The molecule has 1 aliphatic rings. The summed E-state index contributed by atoms with van der Waals surface area (Å²) < 4.78 is 4.76. The Kier molecular flexibility index (Phi) is 6.43. The third-order valence-corrected chi connectivity index (χ3v) is 3.56. The number of alkyl halides is 1. The Bertz CT molecular complexity index is 291. The van der Waals surface area contributed by atoms with Crippen LogP contribution in [0.25, 0.3) is 0 Å². The number of hydrogen-bond acceptors (Lipinski definition) is 3. The maximum atomic E-state index is 11.9. The van der Waals surface area contributed by atoms with Gasteiger partial charge in [0.15, 0.2) is 0 Å². The van der Waals surface area contributed by atoms with E-state index in [1.165, 1.54) is 7.11 Å². The van der Waals surface area contributed by atoms with Gasteiger partial charge < -0.3 is 15.0 Å². The number of piperidine rings is 1. The van der Waals surface area contributed by atoms with Gasteiger partial charge in [-0.2, -0.15) is 0 Å². The van der Waals surface area contributed by atoms with Crippen LogP contribution in [0.3, 0.4) is 0 Å². The van der Waals surface area contributed by atoms with Gasteiger partial charge in [0.25, 0.3) is 0 Å². The summed E-state index contributed by atoms with van der Waals surface area (Å²) in [5, 5.41) is 2.89. The van der Waals surface area contributed by atoms with E-state index in [1.54, 1.807) is 0 Å². The Labute approximate surface area is 113 Å². The summed E-state index contributed by atoms with van der Waals surface area (Å²) >= 11 is 5.68. The monoisotopic (exact) mass is 276 g/mol. The van der Waals surface area contributed by atoms with Crippen LogP contribution in [0.2, 0.25) is 0 Å². The smallest absolute Gasteiger partial charge is 0.246 e. The molecular formula is C12H21ClN2O3. The largest absolute Gasteiger partial charge is 0.375 e. The predicted octanol–water partition coefficient (Wildman–Crippen LogP) is 0.615. The van der Waals surface area contributed by atoms with Crippen LogP contribution in [0.1, 0.15) is 19.8 Å². The highest BCUT2D eigenvalue weighted by atomic mass is 35.5. The van der Waals surface area contributed by atoms with E-state index in [9.17, 15) is 9.59 Å². The van der Waals surface area contributed by atoms with Crippen molar-refractivity contribution in [2.24, 2.45) is 5.92 Å². The molecular weight excluding hydrogens is 256 g/mol. The lowest BCUT2D eigenvalue weighted by Crippen LogP contribution is -2.48. The first-order valence-corrected chi connectivity index (χ1v) is 6.75. The first-order chi connectivity index (χ1) is 8.58. The topological polar surface area (TPSA) is 58.6 Å². The molecule has 6 heteroatoms. The molecule has 0 saturated carbocycles. The first kappa shape index (κ1) is 15.2. The average molecular weight is 277 g/mol. The van der Waals surface area contributed by atoms with Gasteiger partial charge in [-0.15, -0.1) is 11.6 Å². The van der Waals surface area contributed by atoms with Gasteiger partial charge in [0, 0.05) is 38.0 Å². The number of amides is 2. The summed E-state index contributed by atoms with van der Waals surface area (Å²) in [4.78, 5) is 25.1. The number of hydrogen-bond donors (Lipinski definition) is 1. The van der Waals surface area contributed by atoms with Crippen molar-refractivity contribution >= 4 is 23.4 Å². The van der Waals surface area contributed by atoms with Crippen molar-refractivity contribution in [3.05, 3.63) is 0 Å². The second-order valence-corrected chi connectivity index (χ2v) is 4.96. The van der Waals surface area contributed by atoms with E-state index in [1.807, 2.05) is 11.8 Å². The predicted molar refractivity (Wildman–Crippen MR) is 69.5 cm³/mol. The van der Waals surface area contributed by atoms with E-state index in [4.69, 9.17) is 16.3 Å². The molecule has 2 amide bonds. The van der Waals surface area contributed by atoms with Crippen molar-refractivity contribution in [3.8, 4) is 0 Å². The molecule has 1 fully saturated rings. The number of carbonyl (C=O) groups is 2. The lowest BCUT2D eigenvalue weighted by Gasteiger charge is -2.33. The Balaban J connectivity index is 2.32. The summed E-state index contributed by atoms with van der Waals surface area (Å²) in [6, 6.07) is 0.142. The van der Waals surface area contributed by atoms with Gasteiger partial charge in [0.1, 0.15) is 6.61 Å². The molecule has 1 saturated heterocycles. The molecule has 104 valence electrons. The molecule has 1 N–H and O–H groups in total. The zero-order valence-electron chi connectivity index (χ0n) is 10.9. The molecule has 0 aliphatic carbocycles. The van der Waals surface area contributed by atoms with E-state index >= 15 is 0 Å². The Morgan fingerprint density at radius 3 is 2.56 bits per heavy atom. The molecule has 0 bridgehead atoms. The molecule has 0 aromatic heterocycles. The van der Waals surface area contributed by atoms with Gasteiger partial charge in [0.2, 0.25) is 11.8 Å². The lowest BCUT2D eigenvalue weighted by atomic mass is 10.0. The van der Waals surface area contributed by atoms with Gasteiger partial charge in [-0.05, 0) is 12.8 Å². The SMILES string of the molecule is COCC(=O)NC1CCN(C(=O)C(C)CCl)CC1. The van der Waals surface area contributed by atoms with E-state index in [0.717, 1.165) is 12.8 Å². The minimum atomic E-state index is -0.133. The number of rotatable bonds is 5. The molecule has 5 nitrogen and oxygen atoms in total. The zero-order valence-corrected chi connectivity index (χ0v) is 11.7. The second kappa shape index (κ2) is 7.59. The highest BCUT2D eigenvalue weighted by Gasteiger charge is 2.26. The number of halogens is 1. The van der Waals surface area contributed by atoms with Crippen LogP contribution < -0.4 is 5.32 Å². The molecule has 1 rings (SSSR count). The second-order valence-electron chi connectivity index (χ2n) is 4.66. The third-order valence-electron chi connectivity index (χ3n) is 3.10. The van der Waals surface area contributed by atoms with Crippen LogP contribution in [0.4, 0.5) is 0 Å². The van der Waals surface area contributed by atoms with Crippen molar-refractivity contribution < 1.29 is 14.3 Å². The molecule has 18 heavy (non-hydrogen) atoms. The summed E-state index contributed by atoms with van der Waals surface area (Å²) in [5.41, 5.74) is 0. The maximum Gasteiger partial charge on any atom is 0.246 e. The number of nitrogens with one attached hydrogen (secondary N) is 1. The molecule has 1 unspecified atom stereocenters. The summed E-state index contributed by atoms with van der Waals surface area (Å²) in [6.07, 6.45) is 1.58. The number of ether oxygens (including phenoxy) is 1. The third kappa shape index (κ3) is 4.46. The highest BCUT2D eigenvalue weighted by Crippen LogP contribution is 2.14. The Morgan fingerprint density at radius 1 is 1.44 bits per heavy atom. The van der Waals surface area contributed by atoms with E-state index in [0.29, 0.717) is 19.0 Å². The summed E-state index contributed by atoms with van der Waals surface area (Å²) in [5.74, 6) is 0.220. The minimum absolute atomic E-state index is 0.0857. The van der Waals surface area contributed by atoms with Gasteiger partial charge in [-0.1, -0.05) is 6.92 Å². The fraction of sp³-hybridized carbons (Fsp3) is 0.833. The van der Waals surface area contributed by atoms with Crippen molar-refractivity contribution in [2.75, 3.05) is 32.7 Å². The standard InChI is InChI=1S/C12H21ClN2O3/c1-9(7-13)12(17)15-5-3-10(4-6-15)14-11(16)8-18-2/h9-10H,3-8H2,1-2H3,(H,14,16). The van der Waals surface area contributed by atoms with Crippen LogP contribution in [-0.2, 0) is 14.3 Å². The first-order valence-electron chi connectivity index (χ1n) is 6.21. The Morgan fingerprint density at radius 2 is 2.06 bits per heavy atom. The van der Waals surface area contributed by atoms with Crippen LogP contribution in [0.15, 0.2) is 0 Å².